The van der Waals surface area contributed by atoms with E-state index in [4.69, 9.17) is 0 Å². The second kappa shape index (κ2) is 5.21. The van der Waals surface area contributed by atoms with Gasteiger partial charge in [0, 0.05) is 31.0 Å². The van der Waals surface area contributed by atoms with Crippen molar-refractivity contribution in [2.24, 2.45) is 5.92 Å². The van der Waals surface area contributed by atoms with Crippen molar-refractivity contribution < 1.29 is 0 Å². The molecule has 0 saturated carbocycles. The van der Waals surface area contributed by atoms with E-state index < -0.39 is 0 Å². The Hall–Kier alpha value is -1.18. The minimum Gasteiger partial charge on any atom is -0.385 e. The molecular weight excluding hydrogens is 220 g/mol. The Morgan fingerprint density at radius 1 is 1.22 bits per heavy atom. The maximum Gasteiger partial charge on any atom is 0.0374 e. The summed E-state index contributed by atoms with van der Waals surface area (Å²) in [6, 6.07) is 7.00. The van der Waals surface area contributed by atoms with Crippen LogP contribution in [0.1, 0.15) is 38.2 Å². The lowest BCUT2D eigenvalue weighted by Crippen LogP contribution is -2.30. The molecule has 0 spiro atoms. The largest absolute Gasteiger partial charge is 0.385 e. The molecule has 0 aliphatic carbocycles. The van der Waals surface area contributed by atoms with Crippen molar-refractivity contribution in [3.63, 3.8) is 0 Å². The van der Waals surface area contributed by atoms with Gasteiger partial charge in [-0.1, -0.05) is 13.3 Å². The first-order chi connectivity index (χ1) is 8.86. The average molecular weight is 244 g/mol. The van der Waals surface area contributed by atoms with Crippen LogP contribution in [0.5, 0.6) is 0 Å². The third-order valence-corrected chi connectivity index (χ3v) is 4.48. The standard InChI is InChI=1S/C16H24N2/c1-2-13-10-14-11-15(6-7-16(14)17-12-13)18-8-4-3-5-9-18/h6-7,11,13,17H,2-5,8-10,12H2,1H3. The third-order valence-electron chi connectivity index (χ3n) is 4.48. The van der Waals surface area contributed by atoms with E-state index in [1.807, 2.05) is 0 Å². The normalized spacial score (nSPS) is 23.4. The van der Waals surface area contributed by atoms with Gasteiger partial charge in [0.1, 0.15) is 0 Å². The zero-order chi connectivity index (χ0) is 12.4. The molecule has 3 rings (SSSR count). The SMILES string of the molecule is CCC1CNc2ccc(N3CCCCC3)cc2C1. The molecular formula is C16H24N2. The van der Waals surface area contributed by atoms with Crippen molar-refractivity contribution in [3.8, 4) is 0 Å². The Kier molecular flexibility index (Phi) is 3.44. The molecule has 1 atom stereocenters. The number of nitrogens with one attached hydrogen (secondary N) is 1. The van der Waals surface area contributed by atoms with E-state index in [9.17, 15) is 0 Å². The van der Waals surface area contributed by atoms with Crippen LogP contribution in [0.2, 0.25) is 0 Å². The first-order valence-corrected chi connectivity index (χ1v) is 7.48. The van der Waals surface area contributed by atoms with Crippen LogP contribution in [0, 0.1) is 5.92 Å². The van der Waals surface area contributed by atoms with Gasteiger partial charge in [0.25, 0.3) is 0 Å². The van der Waals surface area contributed by atoms with Crippen LogP contribution in [0.25, 0.3) is 0 Å². The molecule has 2 aliphatic heterocycles. The summed E-state index contributed by atoms with van der Waals surface area (Å²) in [5.41, 5.74) is 4.32. The number of rotatable bonds is 2. The molecule has 2 heteroatoms. The Morgan fingerprint density at radius 3 is 2.83 bits per heavy atom. The Morgan fingerprint density at radius 2 is 2.06 bits per heavy atom. The highest BCUT2D eigenvalue weighted by Crippen LogP contribution is 2.31. The second-order valence-corrected chi connectivity index (χ2v) is 5.75. The van der Waals surface area contributed by atoms with Crippen LogP contribution >= 0.6 is 0 Å². The maximum absolute atomic E-state index is 3.58. The molecule has 1 aromatic carbocycles. The first-order valence-electron chi connectivity index (χ1n) is 7.48. The Labute approximate surface area is 110 Å². The molecule has 2 heterocycles. The fourth-order valence-corrected chi connectivity index (χ4v) is 3.20. The minimum atomic E-state index is 0.814. The Balaban J connectivity index is 1.81. The predicted octanol–water partition coefficient (Wildman–Crippen LogP) is 3.67. The van der Waals surface area contributed by atoms with Gasteiger partial charge < -0.3 is 10.2 Å². The number of hydrogen-bond acceptors (Lipinski definition) is 2. The average Bonchev–Trinajstić information content (AvgIpc) is 2.47. The van der Waals surface area contributed by atoms with E-state index in [1.165, 1.54) is 62.1 Å². The van der Waals surface area contributed by atoms with Crippen LogP contribution in [0.15, 0.2) is 18.2 Å². The third kappa shape index (κ3) is 2.33. The van der Waals surface area contributed by atoms with Crippen LogP contribution < -0.4 is 10.2 Å². The van der Waals surface area contributed by atoms with Gasteiger partial charge in [0.05, 0.1) is 0 Å². The second-order valence-electron chi connectivity index (χ2n) is 5.75. The van der Waals surface area contributed by atoms with Crippen LogP contribution in [-0.2, 0) is 6.42 Å². The number of hydrogen-bond donors (Lipinski definition) is 1. The van der Waals surface area contributed by atoms with Crippen molar-refractivity contribution in [1.82, 2.24) is 0 Å². The van der Waals surface area contributed by atoms with Crippen molar-refractivity contribution in [2.45, 2.75) is 39.0 Å². The molecule has 1 unspecified atom stereocenters. The van der Waals surface area contributed by atoms with Gasteiger partial charge in [-0.05, 0) is 55.4 Å². The van der Waals surface area contributed by atoms with Gasteiger partial charge in [0.2, 0.25) is 0 Å². The van der Waals surface area contributed by atoms with E-state index in [2.05, 4.69) is 35.3 Å². The molecule has 0 bridgehead atoms. The predicted molar refractivity (Wildman–Crippen MR) is 78.5 cm³/mol. The fraction of sp³-hybridized carbons (Fsp3) is 0.625. The molecule has 0 radical (unpaired) electrons. The minimum absolute atomic E-state index is 0.814. The molecule has 0 aromatic heterocycles. The van der Waals surface area contributed by atoms with E-state index in [0.717, 1.165) is 12.5 Å². The quantitative estimate of drug-likeness (QED) is 0.854. The summed E-state index contributed by atoms with van der Waals surface area (Å²) in [6.45, 7) is 5.92. The topological polar surface area (TPSA) is 15.3 Å². The van der Waals surface area contributed by atoms with Gasteiger partial charge in [-0.15, -0.1) is 0 Å². The number of piperidine rings is 1. The molecule has 1 saturated heterocycles. The summed E-state index contributed by atoms with van der Waals surface area (Å²) >= 11 is 0. The summed E-state index contributed by atoms with van der Waals surface area (Å²) in [5.74, 6) is 0.814. The molecule has 1 aromatic rings. The van der Waals surface area contributed by atoms with Crippen LogP contribution in [-0.4, -0.2) is 19.6 Å². The number of benzene rings is 1. The molecule has 2 nitrogen and oxygen atoms in total. The molecule has 1 N–H and O–H groups in total. The lowest BCUT2D eigenvalue weighted by Gasteiger charge is -2.31. The fourth-order valence-electron chi connectivity index (χ4n) is 3.20. The van der Waals surface area contributed by atoms with Crippen LogP contribution in [0.4, 0.5) is 11.4 Å². The van der Waals surface area contributed by atoms with Crippen molar-refractivity contribution >= 4 is 11.4 Å². The highest BCUT2D eigenvalue weighted by atomic mass is 15.1. The summed E-state index contributed by atoms with van der Waals surface area (Å²) in [5, 5.41) is 3.58. The van der Waals surface area contributed by atoms with Gasteiger partial charge in [-0.2, -0.15) is 0 Å². The van der Waals surface area contributed by atoms with Gasteiger partial charge in [0.15, 0.2) is 0 Å². The summed E-state index contributed by atoms with van der Waals surface area (Å²) < 4.78 is 0. The van der Waals surface area contributed by atoms with Crippen molar-refractivity contribution in [3.05, 3.63) is 23.8 Å². The Bertz CT molecular complexity index is 408. The van der Waals surface area contributed by atoms with E-state index in [1.54, 1.807) is 0 Å². The lowest BCUT2D eigenvalue weighted by molar-refractivity contribution is 0.520. The monoisotopic (exact) mass is 244 g/mol. The highest BCUT2D eigenvalue weighted by molar-refractivity contribution is 5.62. The first kappa shape index (κ1) is 11.9. The molecule has 0 amide bonds. The highest BCUT2D eigenvalue weighted by Gasteiger charge is 2.18. The molecule has 98 valence electrons. The molecule has 1 fully saturated rings. The van der Waals surface area contributed by atoms with Gasteiger partial charge in [-0.3, -0.25) is 0 Å². The molecule has 2 aliphatic rings. The smallest absolute Gasteiger partial charge is 0.0374 e. The maximum atomic E-state index is 3.58. The zero-order valence-corrected chi connectivity index (χ0v) is 11.4. The number of nitrogens with zero attached hydrogens (tertiary/aromatic N) is 1. The van der Waals surface area contributed by atoms with E-state index >= 15 is 0 Å². The number of fused-ring (bicyclic) bond motifs is 1. The summed E-state index contributed by atoms with van der Waals surface area (Å²) in [6.07, 6.45) is 6.64. The van der Waals surface area contributed by atoms with Crippen molar-refractivity contribution in [2.75, 3.05) is 29.9 Å². The summed E-state index contributed by atoms with van der Waals surface area (Å²) in [4.78, 5) is 2.55. The van der Waals surface area contributed by atoms with E-state index in [0.29, 0.717) is 0 Å². The summed E-state index contributed by atoms with van der Waals surface area (Å²) in [7, 11) is 0. The molecule has 18 heavy (non-hydrogen) atoms. The van der Waals surface area contributed by atoms with Crippen LogP contribution in [0.3, 0.4) is 0 Å². The number of anilines is 2. The van der Waals surface area contributed by atoms with Crippen molar-refractivity contribution in [1.29, 1.82) is 0 Å². The lowest BCUT2D eigenvalue weighted by atomic mass is 9.91. The van der Waals surface area contributed by atoms with E-state index in [-0.39, 0.29) is 0 Å². The van der Waals surface area contributed by atoms with Gasteiger partial charge in [-0.25, -0.2) is 0 Å². The zero-order valence-electron chi connectivity index (χ0n) is 11.4. The van der Waals surface area contributed by atoms with Gasteiger partial charge >= 0.3 is 0 Å².